The van der Waals surface area contributed by atoms with Crippen LogP contribution >= 0.6 is 0 Å². The van der Waals surface area contributed by atoms with Gasteiger partial charge in [-0.25, -0.2) is 4.39 Å². The van der Waals surface area contributed by atoms with Gasteiger partial charge < -0.3 is 5.32 Å². The summed E-state index contributed by atoms with van der Waals surface area (Å²) in [5.41, 5.74) is 0.822. The average molecular weight is 289 g/mol. The van der Waals surface area contributed by atoms with Crippen LogP contribution in [0.4, 0.5) is 17.6 Å². The maximum atomic E-state index is 13.1. The zero-order valence-corrected chi connectivity index (χ0v) is 11.4. The monoisotopic (exact) mass is 289 g/mol. The molecule has 0 aromatic heterocycles. The van der Waals surface area contributed by atoms with Crippen molar-refractivity contribution < 1.29 is 17.6 Å². The molecular formula is C15H19F4N. The van der Waals surface area contributed by atoms with Crippen LogP contribution in [0.2, 0.25) is 0 Å². The number of halogens is 4. The molecule has 0 amide bonds. The highest BCUT2D eigenvalue weighted by Gasteiger charge is 2.41. The first-order valence-corrected chi connectivity index (χ1v) is 6.94. The highest BCUT2D eigenvalue weighted by Crippen LogP contribution is 2.37. The molecule has 112 valence electrons. The fourth-order valence-corrected chi connectivity index (χ4v) is 2.81. The third-order valence-electron chi connectivity index (χ3n) is 4.02. The second-order valence-electron chi connectivity index (χ2n) is 5.53. The molecule has 1 aromatic carbocycles. The van der Waals surface area contributed by atoms with Gasteiger partial charge in [-0.1, -0.05) is 12.1 Å². The minimum absolute atomic E-state index is 0.0573. The molecule has 2 rings (SSSR count). The molecule has 0 radical (unpaired) electrons. The molecule has 20 heavy (non-hydrogen) atoms. The topological polar surface area (TPSA) is 12.0 Å². The molecule has 1 saturated carbocycles. The van der Waals surface area contributed by atoms with Crippen LogP contribution in [0.25, 0.3) is 0 Å². The quantitative estimate of drug-likeness (QED) is 0.802. The Balaban J connectivity index is 1.86. The summed E-state index contributed by atoms with van der Waals surface area (Å²) in [6.45, 7) is 1.91. The predicted molar refractivity (Wildman–Crippen MR) is 69.8 cm³/mol. The molecule has 5 heteroatoms. The predicted octanol–water partition coefficient (Wildman–Crippen LogP) is 4.60. The van der Waals surface area contributed by atoms with Crippen LogP contribution in [0.15, 0.2) is 24.3 Å². The van der Waals surface area contributed by atoms with Crippen LogP contribution in [0.3, 0.4) is 0 Å². The summed E-state index contributed by atoms with van der Waals surface area (Å²) in [6, 6.07) is 6.32. The summed E-state index contributed by atoms with van der Waals surface area (Å²) >= 11 is 0. The summed E-state index contributed by atoms with van der Waals surface area (Å²) in [6.07, 6.45) is -2.68. The van der Waals surface area contributed by atoms with Crippen molar-refractivity contribution in [3.8, 4) is 0 Å². The van der Waals surface area contributed by atoms with E-state index in [2.05, 4.69) is 5.32 Å². The smallest absolute Gasteiger partial charge is 0.307 e. The molecule has 1 aliphatic carbocycles. The molecule has 0 unspecified atom stereocenters. The van der Waals surface area contributed by atoms with Crippen LogP contribution in [0.1, 0.15) is 44.2 Å². The molecule has 0 heterocycles. The van der Waals surface area contributed by atoms with Gasteiger partial charge in [-0.3, -0.25) is 0 Å². The third kappa shape index (κ3) is 3.95. The van der Waals surface area contributed by atoms with E-state index in [9.17, 15) is 17.6 Å². The van der Waals surface area contributed by atoms with Crippen molar-refractivity contribution in [3.63, 3.8) is 0 Å². The van der Waals surface area contributed by atoms with Gasteiger partial charge in [0.2, 0.25) is 0 Å². The van der Waals surface area contributed by atoms with Crippen molar-refractivity contribution in [2.45, 2.75) is 50.9 Å². The second-order valence-corrected chi connectivity index (χ2v) is 5.53. The fourth-order valence-electron chi connectivity index (χ4n) is 2.81. The summed E-state index contributed by atoms with van der Waals surface area (Å²) in [4.78, 5) is 0. The summed E-state index contributed by atoms with van der Waals surface area (Å²) in [5, 5.41) is 3.30. The number of alkyl halides is 3. The molecule has 1 nitrogen and oxygen atoms in total. The lowest BCUT2D eigenvalue weighted by molar-refractivity contribution is -0.182. The Kier molecular flexibility index (Phi) is 4.68. The van der Waals surface area contributed by atoms with Crippen molar-refractivity contribution >= 4 is 0 Å². The Labute approximate surface area is 116 Å². The number of hydrogen-bond acceptors (Lipinski definition) is 1. The molecule has 1 N–H and O–H groups in total. The van der Waals surface area contributed by atoms with E-state index in [0.717, 1.165) is 5.56 Å². The highest BCUT2D eigenvalue weighted by molar-refractivity contribution is 5.19. The molecule has 1 aromatic rings. The van der Waals surface area contributed by atoms with Gasteiger partial charge >= 0.3 is 6.18 Å². The SMILES string of the molecule is C[C@H](NC1CCC(C(F)(F)F)CC1)c1cccc(F)c1. The number of benzene rings is 1. The lowest BCUT2D eigenvalue weighted by Crippen LogP contribution is -2.38. The van der Waals surface area contributed by atoms with Gasteiger partial charge in [-0.15, -0.1) is 0 Å². The molecule has 1 fully saturated rings. The van der Waals surface area contributed by atoms with E-state index >= 15 is 0 Å². The molecule has 0 saturated heterocycles. The fraction of sp³-hybridized carbons (Fsp3) is 0.600. The van der Waals surface area contributed by atoms with Gasteiger partial charge in [-0.05, 0) is 50.3 Å². The van der Waals surface area contributed by atoms with Crippen LogP contribution in [0.5, 0.6) is 0 Å². The van der Waals surface area contributed by atoms with E-state index in [4.69, 9.17) is 0 Å². The minimum atomic E-state index is -4.07. The van der Waals surface area contributed by atoms with E-state index in [0.29, 0.717) is 12.8 Å². The Morgan fingerprint density at radius 3 is 2.35 bits per heavy atom. The van der Waals surface area contributed by atoms with Crippen molar-refractivity contribution in [3.05, 3.63) is 35.6 Å². The average Bonchev–Trinajstić information content (AvgIpc) is 2.38. The van der Waals surface area contributed by atoms with E-state index in [1.165, 1.54) is 12.1 Å². The Morgan fingerprint density at radius 2 is 1.80 bits per heavy atom. The third-order valence-corrected chi connectivity index (χ3v) is 4.02. The van der Waals surface area contributed by atoms with Gasteiger partial charge in [0.25, 0.3) is 0 Å². The molecule has 0 aliphatic heterocycles. The maximum Gasteiger partial charge on any atom is 0.391 e. The van der Waals surface area contributed by atoms with Gasteiger partial charge in [0.15, 0.2) is 0 Å². The van der Waals surface area contributed by atoms with Crippen molar-refractivity contribution in [1.82, 2.24) is 5.32 Å². The van der Waals surface area contributed by atoms with Crippen molar-refractivity contribution in [2.75, 3.05) is 0 Å². The Hall–Kier alpha value is -1.10. The van der Waals surface area contributed by atoms with Gasteiger partial charge in [0, 0.05) is 12.1 Å². The van der Waals surface area contributed by atoms with Crippen LogP contribution < -0.4 is 5.32 Å². The number of hydrogen-bond donors (Lipinski definition) is 1. The lowest BCUT2D eigenvalue weighted by Gasteiger charge is -2.32. The van der Waals surface area contributed by atoms with Gasteiger partial charge in [0.1, 0.15) is 5.82 Å². The van der Waals surface area contributed by atoms with E-state index in [1.807, 2.05) is 13.0 Å². The maximum absolute atomic E-state index is 13.1. The Morgan fingerprint density at radius 1 is 1.15 bits per heavy atom. The van der Waals surface area contributed by atoms with Crippen LogP contribution in [-0.2, 0) is 0 Å². The Bertz CT molecular complexity index is 436. The molecule has 0 spiro atoms. The minimum Gasteiger partial charge on any atom is -0.307 e. The standard InChI is InChI=1S/C15H19F4N/c1-10(11-3-2-4-13(16)9-11)20-14-7-5-12(6-8-14)15(17,18)19/h2-4,9-10,12,14,20H,5-8H2,1H3/t10-,12?,14?/m0/s1. The summed E-state index contributed by atoms with van der Waals surface area (Å²) in [5.74, 6) is -1.46. The first kappa shape index (κ1) is 15.3. The van der Waals surface area contributed by atoms with Gasteiger partial charge in [0.05, 0.1) is 5.92 Å². The lowest BCUT2D eigenvalue weighted by atomic mass is 9.85. The van der Waals surface area contributed by atoms with E-state index < -0.39 is 12.1 Å². The first-order chi connectivity index (χ1) is 9.36. The molecule has 1 atom stereocenters. The molecule has 0 bridgehead atoms. The van der Waals surface area contributed by atoms with Crippen LogP contribution in [0, 0.1) is 11.7 Å². The zero-order chi connectivity index (χ0) is 14.8. The van der Waals surface area contributed by atoms with Crippen molar-refractivity contribution in [1.29, 1.82) is 0 Å². The van der Waals surface area contributed by atoms with E-state index in [-0.39, 0.29) is 30.7 Å². The second kappa shape index (κ2) is 6.12. The number of rotatable bonds is 3. The normalized spacial score (nSPS) is 25.4. The largest absolute Gasteiger partial charge is 0.391 e. The first-order valence-electron chi connectivity index (χ1n) is 6.94. The molecule has 1 aliphatic rings. The summed E-state index contributed by atoms with van der Waals surface area (Å²) in [7, 11) is 0. The highest BCUT2D eigenvalue weighted by atomic mass is 19.4. The zero-order valence-electron chi connectivity index (χ0n) is 11.4. The van der Waals surface area contributed by atoms with Crippen molar-refractivity contribution in [2.24, 2.45) is 5.92 Å². The molecular weight excluding hydrogens is 270 g/mol. The summed E-state index contributed by atoms with van der Waals surface area (Å²) < 4.78 is 50.9. The van der Waals surface area contributed by atoms with E-state index in [1.54, 1.807) is 6.07 Å². The number of nitrogens with one attached hydrogen (secondary N) is 1. The van der Waals surface area contributed by atoms with Gasteiger partial charge in [-0.2, -0.15) is 13.2 Å². The van der Waals surface area contributed by atoms with Crippen LogP contribution in [-0.4, -0.2) is 12.2 Å².